The summed E-state index contributed by atoms with van der Waals surface area (Å²) in [5, 5.41) is 4.22. The summed E-state index contributed by atoms with van der Waals surface area (Å²) in [5.74, 6) is 0. The molecule has 1 atom stereocenters. The molecule has 0 aromatic carbocycles. The fourth-order valence-electron chi connectivity index (χ4n) is 2.64. The van der Waals surface area contributed by atoms with Crippen LogP contribution in [0.1, 0.15) is 11.1 Å². The Morgan fingerprint density at radius 3 is 3.05 bits per heavy atom. The first-order chi connectivity index (χ1) is 9.79. The summed E-state index contributed by atoms with van der Waals surface area (Å²) in [6, 6.07) is 4.09. The lowest BCUT2D eigenvalue weighted by molar-refractivity contribution is -0.0305. The zero-order valence-corrected chi connectivity index (χ0v) is 11.8. The lowest BCUT2D eigenvalue weighted by atomic mass is 10.1. The molecule has 3 rings (SSSR count). The van der Waals surface area contributed by atoms with Crippen LogP contribution >= 0.6 is 0 Å². The third kappa shape index (κ3) is 3.43. The van der Waals surface area contributed by atoms with Crippen LogP contribution in [0.25, 0.3) is 0 Å². The van der Waals surface area contributed by atoms with Crippen LogP contribution in [-0.2, 0) is 24.8 Å². The molecule has 0 unspecified atom stereocenters. The molecule has 0 saturated carbocycles. The predicted molar refractivity (Wildman–Crippen MR) is 76.2 cm³/mol. The number of pyridine rings is 1. The second-order valence-corrected chi connectivity index (χ2v) is 5.32. The molecule has 1 fully saturated rings. The second kappa shape index (κ2) is 6.15. The van der Waals surface area contributed by atoms with E-state index in [0.717, 1.165) is 32.7 Å². The number of aryl methyl sites for hydroxylation is 1. The summed E-state index contributed by atoms with van der Waals surface area (Å²) in [4.78, 5) is 6.59. The van der Waals surface area contributed by atoms with Crippen LogP contribution in [0.15, 0.2) is 36.9 Å². The molecule has 0 bridgehead atoms. The van der Waals surface area contributed by atoms with Crippen LogP contribution < -0.4 is 0 Å². The Bertz CT molecular complexity index is 540. The first-order valence-electron chi connectivity index (χ1n) is 7.00. The molecule has 0 radical (unpaired) electrons. The number of aromatic nitrogens is 3. The monoisotopic (exact) mass is 272 g/mol. The maximum atomic E-state index is 5.86. The molecule has 1 aliphatic rings. The number of morpholine rings is 1. The van der Waals surface area contributed by atoms with E-state index in [4.69, 9.17) is 4.74 Å². The molecular weight excluding hydrogens is 252 g/mol. The highest BCUT2D eigenvalue weighted by molar-refractivity contribution is 5.10. The standard InChI is InChI=1S/C15H20N4O/c1-18-10-14(9-17-18)11-19-5-6-20-15(12-19)7-13-3-2-4-16-8-13/h2-4,8-10,15H,5-7,11-12H2,1H3/t15-/m0/s1. The van der Waals surface area contributed by atoms with E-state index in [1.54, 1.807) is 6.20 Å². The number of rotatable bonds is 4. The van der Waals surface area contributed by atoms with Gasteiger partial charge in [0.2, 0.25) is 0 Å². The van der Waals surface area contributed by atoms with Gasteiger partial charge in [-0.1, -0.05) is 6.07 Å². The van der Waals surface area contributed by atoms with Crippen LogP contribution in [0.4, 0.5) is 0 Å². The SMILES string of the molecule is Cn1cc(CN2CCO[C@@H](Cc3cccnc3)C2)cn1. The topological polar surface area (TPSA) is 43.2 Å². The fourth-order valence-corrected chi connectivity index (χ4v) is 2.64. The molecule has 1 aliphatic heterocycles. The Hall–Kier alpha value is -1.72. The van der Waals surface area contributed by atoms with Crippen LogP contribution in [0.2, 0.25) is 0 Å². The van der Waals surface area contributed by atoms with Crippen molar-refractivity contribution in [3.05, 3.63) is 48.0 Å². The maximum absolute atomic E-state index is 5.86. The van der Waals surface area contributed by atoms with Gasteiger partial charge in [-0.15, -0.1) is 0 Å². The van der Waals surface area contributed by atoms with Crippen molar-refractivity contribution >= 4 is 0 Å². The van der Waals surface area contributed by atoms with Crippen molar-refractivity contribution in [2.45, 2.75) is 19.1 Å². The van der Waals surface area contributed by atoms with E-state index in [1.165, 1.54) is 11.1 Å². The maximum Gasteiger partial charge on any atom is 0.0743 e. The minimum absolute atomic E-state index is 0.254. The van der Waals surface area contributed by atoms with E-state index in [0.29, 0.717) is 0 Å². The summed E-state index contributed by atoms with van der Waals surface area (Å²) in [6.45, 7) is 3.69. The number of hydrogen-bond acceptors (Lipinski definition) is 4. The van der Waals surface area contributed by atoms with Gasteiger partial charge in [0.1, 0.15) is 0 Å². The highest BCUT2D eigenvalue weighted by atomic mass is 16.5. The smallest absolute Gasteiger partial charge is 0.0743 e. The first kappa shape index (κ1) is 13.3. The Morgan fingerprint density at radius 2 is 2.30 bits per heavy atom. The Labute approximate surface area is 119 Å². The van der Waals surface area contributed by atoms with E-state index in [9.17, 15) is 0 Å². The van der Waals surface area contributed by atoms with Crippen molar-refractivity contribution in [2.24, 2.45) is 7.05 Å². The lowest BCUT2D eigenvalue weighted by Gasteiger charge is -2.32. The Kier molecular flexibility index (Phi) is 4.08. The molecule has 0 N–H and O–H groups in total. The molecule has 0 aliphatic carbocycles. The van der Waals surface area contributed by atoms with Gasteiger partial charge in [-0.3, -0.25) is 14.6 Å². The number of ether oxygens (including phenoxy) is 1. The van der Waals surface area contributed by atoms with E-state index < -0.39 is 0 Å². The average molecular weight is 272 g/mol. The zero-order valence-electron chi connectivity index (χ0n) is 11.8. The minimum atomic E-state index is 0.254. The molecule has 0 amide bonds. The van der Waals surface area contributed by atoms with Gasteiger partial charge in [-0.2, -0.15) is 5.10 Å². The number of hydrogen-bond donors (Lipinski definition) is 0. The Balaban J connectivity index is 1.56. The summed E-state index contributed by atoms with van der Waals surface area (Å²) in [7, 11) is 1.95. The molecule has 106 valence electrons. The largest absolute Gasteiger partial charge is 0.375 e. The van der Waals surface area contributed by atoms with Crippen molar-refractivity contribution < 1.29 is 4.74 Å². The van der Waals surface area contributed by atoms with Gasteiger partial charge in [0, 0.05) is 57.3 Å². The van der Waals surface area contributed by atoms with Gasteiger partial charge in [-0.25, -0.2) is 0 Å². The first-order valence-corrected chi connectivity index (χ1v) is 7.00. The second-order valence-electron chi connectivity index (χ2n) is 5.32. The van der Waals surface area contributed by atoms with Gasteiger partial charge in [-0.05, 0) is 11.6 Å². The molecule has 5 nitrogen and oxygen atoms in total. The van der Waals surface area contributed by atoms with E-state index in [-0.39, 0.29) is 6.10 Å². The lowest BCUT2D eigenvalue weighted by Crippen LogP contribution is -2.42. The number of nitrogens with zero attached hydrogens (tertiary/aromatic N) is 4. The van der Waals surface area contributed by atoms with Gasteiger partial charge in [0.15, 0.2) is 0 Å². The molecule has 0 spiro atoms. The van der Waals surface area contributed by atoms with Crippen molar-refractivity contribution in [1.29, 1.82) is 0 Å². The van der Waals surface area contributed by atoms with Gasteiger partial charge in [0.05, 0.1) is 18.9 Å². The van der Waals surface area contributed by atoms with Crippen LogP contribution in [0, 0.1) is 0 Å². The highest BCUT2D eigenvalue weighted by Crippen LogP contribution is 2.13. The minimum Gasteiger partial charge on any atom is -0.375 e. The summed E-state index contributed by atoms with van der Waals surface area (Å²) >= 11 is 0. The molecular formula is C15H20N4O. The molecule has 20 heavy (non-hydrogen) atoms. The summed E-state index contributed by atoms with van der Waals surface area (Å²) in [5.41, 5.74) is 2.50. The van der Waals surface area contributed by atoms with Crippen molar-refractivity contribution in [3.8, 4) is 0 Å². The average Bonchev–Trinajstić information content (AvgIpc) is 2.86. The van der Waals surface area contributed by atoms with Crippen molar-refractivity contribution in [3.63, 3.8) is 0 Å². The van der Waals surface area contributed by atoms with Crippen LogP contribution in [0.5, 0.6) is 0 Å². The van der Waals surface area contributed by atoms with E-state index >= 15 is 0 Å². The molecule has 3 heterocycles. The third-order valence-corrected chi connectivity index (χ3v) is 3.57. The summed E-state index contributed by atoms with van der Waals surface area (Å²) in [6.07, 6.45) is 8.92. The normalized spacial score (nSPS) is 20.1. The van der Waals surface area contributed by atoms with Crippen LogP contribution in [-0.4, -0.2) is 45.5 Å². The zero-order chi connectivity index (χ0) is 13.8. The van der Waals surface area contributed by atoms with Crippen molar-refractivity contribution in [2.75, 3.05) is 19.7 Å². The molecule has 2 aromatic heterocycles. The van der Waals surface area contributed by atoms with Gasteiger partial charge >= 0.3 is 0 Å². The quantitative estimate of drug-likeness (QED) is 0.840. The van der Waals surface area contributed by atoms with E-state index in [2.05, 4.69) is 27.2 Å². The highest BCUT2D eigenvalue weighted by Gasteiger charge is 2.21. The van der Waals surface area contributed by atoms with Gasteiger partial charge < -0.3 is 4.74 Å². The fraction of sp³-hybridized carbons (Fsp3) is 0.467. The van der Waals surface area contributed by atoms with Crippen molar-refractivity contribution in [1.82, 2.24) is 19.7 Å². The van der Waals surface area contributed by atoms with Gasteiger partial charge in [0.25, 0.3) is 0 Å². The predicted octanol–water partition coefficient (Wildman–Crippen LogP) is 1.26. The third-order valence-electron chi connectivity index (χ3n) is 3.57. The Morgan fingerprint density at radius 1 is 1.35 bits per heavy atom. The molecule has 5 heteroatoms. The molecule has 1 saturated heterocycles. The van der Waals surface area contributed by atoms with Crippen LogP contribution in [0.3, 0.4) is 0 Å². The summed E-state index contributed by atoms with van der Waals surface area (Å²) < 4.78 is 7.71. The molecule has 2 aromatic rings. The van der Waals surface area contributed by atoms with E-state index in [1.807, 2.05) is 30.2 Å².